The van der Waals surface area contributed by atoms with Crippen LogP contribution in [0, 0.1) is 5.82 Å². The number of aryl methyl sites for hydroxylation is 1. The van der Waals surface area contributed by atoms with Crippen LogP contribution in [-0.4, -0.2) is 39.8 Å². The fourth-order valence-corrected chi connectivity index (χ4v) is 4.59. The van der Waals surface area contributed by atoms with Crippen molar-refractivity contribution in [2.45, 2.75) is 38.8 Å². The van der Waals surface area contributed by atoms with Gasteiger partial charge in [-0.2, -0.15) is 5.10 Å². The summed E-state index contributed by atoms with van der Waals surface area (Å²) in [4.78, 5) is 15.5. The molecule has 1 atom stereocenters. The second kappa shape index (κ2) is 11.4. The van der Waals surface area contributed by atoms with E-state index in [2.05, 4.69) is 0 Å². The van der Waals surface area contributed by atoms with Crippen molar-refractivity contribution in [3.63, 3.8) is 0 Å². The molecule has 2 heterocycles. The van der Waals surface area contributed by atoms with E-state index in [1.807, 2.05) is 72.5 Å². The number of ether oxygens (including phenoxy) is 2. The average molecular weight is 500 g/mol. The lowest BCUT2D eigenvalue weighted by Gasteiger charge is -2.26. The van der Waals surface area contributed by atoms with Crippen molar-refractivity contribution in [2.24, 2.45) is 0 Å². The summed E-state index contributed by atoms with van der Waals surface area (Å²) < 4.78 is 27.7. The maximum absolute atomic E-state index is 13.7. The van der Waals surface area contributed by atoms with E-state index in [1.54, 1.807) is 16.8 Å². The molecular weight excluding hydrogens is 469 g/mol. The number of carbonyl (C=O) groups excluding carboxylic acids is 1. The molecule has 0 radical (unpaired) electrons. The van der Waals surface area contributed by atoms with Crippen molar-refractivity contribution < 1.29 is 18.7 Å². The third-order valence-corrected chi connectivity index (χ3v) is 6.49. The van der Waals surface area contributed by atoms with Gasteiger partial charge >= 0.3 is 0 Å². The lowest BCUT2D eigenvalue weighted by atomic mass is 10.1. The number of halogens is 1. The Balaban J connectivity index is 1.57. The number of nitrogens with zero attached hydrogens (tertiary/aromatic N) is 3. The van der Waals surface area contributed by atoms with Gasteiger partial charge in [0.2, 0.25) is 5.88 Å². The standard InChI is InChI=1S/C30H30FN3O3/c1-2-28-27(21-33(20-26-14-9-19-36-26)29(35)22-10-5-3-6-11-22)30(37-25-12-7-4-8-13-25)34(32-28)24-17-15-23(31)16-18-24/h3-8,10-13,15-18,26H,2,9,14,19-21H2,1H3/t26-/m0/s1. The van der Waals surface area contributed by atoms with E-state index in [-0.39, 0.29) is 17.8 Å². The van der Waals surface area contributed by atoms with E-state index in [0.29, 0.717) is 49.0 Å². The Kier molecular flexibility index (Phi) is 7.61. The van der Waals surface area contributed by atoms with Crippen LogP contribution in [0.5, 0.6) is 11.6 Å². The van der Waals surface area contributed by atoms with Gasteiger partial charge in [0.1, 0.15) is 11.6 Å². The summed E-state index contributed by atoms with van der Waals surface area (Å²) in [6.45, 7) is 3.52. The van der Waals surface area contributed by atoms with Crippen LogP contribution in [0.4, 0.5) is 4.39 Å². The van der Waals surface area contributed by atoms with E-state index in [9.17, 15) is 9.18 Å². The molecule has 0 spiro atoms. The smallest absolute Gasteiger partial charge is 0.254 e. The van der Waals surface area contributed by atoms with E-state index < -0.39 is 0 Å². The molecule has 3 aromatic carbocycles. The molecule has 0 unspecified atom stereocenters. The molecule has 1 saturated heterocycles. The highest BCUT2D eigenvalue weighted by Crippen LogP contribution is 2.33. The van der Waals surface area contributed by atoms with Crippen LogP contribution < -0.4 is 4.74 Å². The van der Waals surface area contributed by atoms with Gasteiger partial charge in [-0.15, -0.1) is 0 Å². The fraction of sp³-hybridized carbons (Fsp3) is 0.267. The van der Waals surface area contributed by atoms with Gasteiger partial charge in [0.15, 0.2) is 0 Å². The molecule has 1 amide bonds. The first-order chi connectivity index (χ1) is 18.1. The summed E-state index contributed by atoms with van der Waals surface area (Å²) in [5.41, 5.74) is 2.93. The maximum Gasteiger partial charge on any atom is 0.254 e. The molecule has 1 aromatic heterocycles. The van der Waals surface area contributed by atoms with Crippen molar-refractivity contribution in [1.29, 1.82) is 0 Å². The molecule has 7 heteroatoms. The number of benzene rings is 3. The van der Waals surface area contributed by atoms with Gasteiger partial charge < -0.3 is 14.4 Å². The summed E-state index contributed by atoms with van der Waals surface area (Å²) >= 11 is 0. The van der Waals surface area contributed by atoms with Crippen molar-refractivity contribution in [3.05, 3.63) is 108 Å². The zero-order chi connectivity index (χ0) is 25.6. The molecule has 0 aliphatic carbocycles. The predicted molar refractivity (Wildman–Crippen MR) is 140 cm³/mol. The van der Waals surface area contributed by atoms with Crippen LogP contribution in [0.3, 0.4) is 0 Å². The number of hydrogen-bond donors (Lipinski definition) is 0. The lowest BCUT2D eigenvalue weighted by Crippen LogP contribution is -2.37. The first-order valence-electron chi connectivity index (χ1n) is 12.7. The molecule has 6 nitrogen and oxygen atoms in total. The fourth-order valence-electron chi connectivity index (χ4n) is 4.59. The average Bonchev–Trinajstić information content (AvgIpc) is 3.57. The van der Waals surface area contributed by atoms with Gasteiger partial charge in [0.05, 0.1) is 29.6 Å². The molecular formula is C30H30FN3O3. The highest BCUT2D eigenvalue weighted by atomic mass is 19.1. The molecule has 190 valence electrons. The van der Waals surface area contributed by atoms with Gasteiger partial charge in [-0.3, -0.25) is 4.79 Å². The highest BCUT2D eigenvalue weighted by Gasteiger charge is 2.28. The Morgan fingerprint density at radius 1 is 1.05 bits per heavy atom. The Morgan fingerprint density at radius 3 is 2.41 bits per heavy atom. The largest absolute Gasteiger partial charge is 0.439 e. The summed E-state index contributed by atoms with van der Waals surface area (Å²) in [5, 5.41) is 4.84. The molecule has 5 rings (SSSR count). The van der Waals surface area contributed by atoms with Crippen LogP contribution in [-0.2, 0) is 17.7 Å². The Labute approximate surface area is 216 Å². The third-order valence-electron chi connectivity index (χ3n) is 6.49. The zero-order valence-electron chi connectivity index (χ0n) is 20.8. The van der Waals surface area contributed by atoms with Crippen LogP contribution in [0.2, 0.25) is 0 Å². The van der Waals surface area contributed by atoms with Crippen molar-refractivity contribution in [2.75, 3.05) is 13.2 Å². The van der Waals surface area contributed by atoms with Crippen LogP contribution >= 0.6 is 0 Å². The first kappa shape index (κ1) is 24.7. The van der Waals surface area contributed by atoms with Gasteiger partial charge in [-0.05, 0) is 67.8 Å². The molecule has 0 N–H and O–H groups in total. The number of carbonyl (C=O) groups is 1. The number of para-hydroxylation sites is 1. The molecule has 1 aliphatic rings. The molecule has 0 bridgehead atoms. The Hall–Kier alpha value is -3.97. The van der Waals surface area contributed by atoms with E-state index in [1.165, 1.54) is 12.1 Å². The predicted octanol–water partition coefficient (Wildman–Crippen LogP) is 6.19. The monoisotopic (exact) mass is 499 g/mol. The van der Waals surface area contributed by atoms with Gasteiger partial charge in [-0.1, -0.05) is 43.3 Å². The number of hydrogen-bond acceptors (Lipinski definition) is 4. The van der Waals surface area contributed by atoms with E-state index in [4.69, 9.17) is 14.6 Å². The topological polar surface area (TPSA) is 56.6 Å². The minimum atomic E-state index is -0.325. The first-order valence-corrected chi connectivity index (χ1v) is 12.7. The number of aromatic nitrogens is 2. The Morgan fingerprint density at radius 2 is 1.76 bits per heavy atom. The van der Waals surface area contributed by atoms with E-state index >= 15 is 0 Å². The van der Waals surface area contributed by atoms with E-state index in [0.717, 1.165) is 24.1 Å². The third kappa shape index (κ3) is 5.73. The number of rotatable bonds is 9. The van der Waals surface area contributed by atoms with Crippen molar-refractivity contribution in [1.82, 2.24) is 14.7 Å². The molecule has 37 heavy (non-hydrogen) atoms. The summed E-state index contributed by atoms with van der Waals surface area (Å²) in [6.07, 6.45) is 2.54. The maximum atomic E-state index is 13.7. The van der Waals surface area contributed by atoms with Crippen molar-refractivity contribution in [3.8, 4) is 17.3 Å². The normalized spacial score (nSPS) is 15.0. The SMILES string of the molecule is CCc1nn(-c2ccc(F)cc2)c(Oc2ccccc2)c1CN(C[C@@H]1CCCO1)C(=O)c1ccccc1. The lowest BCUT2D eigenvalue weighted by molar-refractivity contribution is 0.0505. The Bertz CT molecular complexity index is 1320. The summed E-state index contributed by atoms with van der Waals surface area (Å²) in [5.74, 6) is 0.759. The number of amides is 1. The van der Waals surface area contributed by atoms with Gasteiger partial charge in [0, 0.05) is 18.7 Å². The van der Waals surface area contributed by atoms with Gasteiger partial charge in [-0.25, -0.2) is 9.07 Å². The van der Waals surface area contributed by atoms with Gasteiger partial charge in [0.25, 0.3) is 5.91 Å². The molecule has 4 aromatic rings. The molecule has 0 saturated carbocycles. The highest BCUT2D eigenvalue weighted by molar-refractivity contribution is 5.94. The van der Waals surface area contributed by atoms with Crippen LogP contribution in [0.15, 0.2) is 84.9 Å². The van der Waals surface area contributed by atoms with Crippen LogP contribution in [0.25, 0.3) is 5.69 Å². The minimum Gasteiger partial charge on any atom is -0.439 e. The minimum absolute atomic E-state index is 0.0108. The van der Waals surface area contributed by atoms with Crippen molar-refractivity contribution >= 4 is 5.91 Å². The molecule has 1 fully saturated rings. The molecule has 1 aliphatic heterocycles. The van der Waals surface area contributed by atoms with Crippen LogP contribution in [0.1, 0.15) is 41.4 Å². The summed E-state index contributed by atoms with van der Waals surface area (Å²) in [7, 11) is 0. The zero-order valence-corrected chi connectivity index (χ0v) is 20.8. The summed E-state index contributed by atoms with van der Waals surface area (Å²) in [6, 6.07) is 24.9. The quantitative estimate of drug-likeness (QED) is 0.276. The second-order valence-corrected chi connectivity index (χ2v) is 9.07. The second-order valence-electron chi connectivity index (χ2n) is 9.07.